The molecule has 0 radical (unpaired) electrons. The quantitative estimate of drug-likeness (QED) is 0.294. The fraction of sp³-hybridized carbons (Fsp3) is 0.360. The molecule has 8 heteroatoms. The summed E-state index contributed by atoms with van der Waals surface area (Å²) in [7, 11) is 0. The van der Waals surface area contributed by atoms with Crippen LogP contribution in [0.4, 0.5) is 18.3 Å². The normalized spacial score (nSPS) is 11.4. The van der Waals surface area contributed by atoms with Crippen molar-refractivity contribution in [2.45, 2.75) is 51.6 Å². The molecule has 0 aliphatic rings. The molecular formula is C25H27F3N2O2S. The van der Waals surface area contributed by atoms with E-state index in [9.17, 15) is 18.0 Å². The molecule has 0 spiro atoms. The molecule has 4 nitrogen and oxygen atoms in total. The maximum Gasteiger partial charge on any atom is 0.416 e. The number of thiazole rings is 1. The van der Waals surface area contributed by atoms with Crippen LogP contribution in [0.25, 0.3) is 0 Å². The van der Waals surface area contributed by atoms with Gasteiger partial charge in [0.15, 0.2) is 5.13 Å². The number of carbonyl (C=O) groups is 1. The van der Waals surface area contributed by atoms with Crippen LogP contribution in [0, 0.1) is 0 Å². The Balaban J connectivity index is 1.50. The first kappa shape index (κ1) is 24.8. The third-order valence-electron chi connectivity index (χ3n) is 5.04. The fourth-order valence-electron chi connectivity index (χ4n) is 3.27. The molecule has 3 rings (SSSR count). The van der Waals surface area contributed by atoms with Crippen molar-refractivity contribution in [2.24, 2.45) is 0 Å². The van der Waals surface area contributed by atoms with Crippen LogP contribution in [0.15, 0.2) is 54.7 Å². The standard InChI is InChI=1S/C25H27F3N2O2S/c1-2-3-4-5-6-14-32-21-12-10-19(11-13-21)23(31)30-24-29-17-22(33-24)16-18-8-7-9-20(15-18)25(26,27)28/h7-13,15,17H,2-6,14,16H2,1H3,(H,29,30,31). The monoisotopic (exact) mass is 476 g/mol. The molecule has 0 aliphatic heterocycles. The van der Waals surface area contributed by atoms with Gasteiger partial charge in [0.05, 0.1) is 12.2 Å². The average Bonchev–Trinajstić information content (AvgIpc) is 3.22. The van der Waals surface area contributed by atoms with Crippen molar-refractivity contribution in [3.05, 3.63) is 76.3 Å². The summed E-state index contributed by atoms with van der Waals surface area (Å²) in [5.74, 6) is 0.417. The lowest BCUT2D eigenvalue weighted by Crippen LogP contribution is -2.11. The number of nitrogens with one attached hydrogen (secondary N) is 1. The number of unbranched alkanes of at least 4 members (excludes halogenated alkanes) is 4. The minimum Gasteiger partial charge on any atom is -0.494 e. The van der Waals surface area contributed by atoms with Gasteiger partial charge in [-0.15, -0.1) is 11.3 Å². The first-order valence-corrected chi connectivity index (χ1v) is 11.8. The van der Waals surface area contributed by atoms with Gasteiger partial charge in [0.1, 0.15) is 5.75 Å². The van der Waals surface area contributed by atoms with Crippen LogP contribution in [0.3, 0.4) is 0 Å². The van der Waals surface area contributed by atoms with Crippen molar-refractivity contribution in [3.63, 3.8) is 0 Å². The predicted octanol–water partition coefficient (Wildman–Crippen LogP) is 7.35. The summed E-state index contributed by atoms with van der Waals surface area (Å²) in [6.45, 7) is 2.84. The summed E-state index contributed by atoms with van der Waals surface area (Å²) in [6.07, 6.45) is 3.33. The number of aromatic nitrogens is 1. The van der Waals surface area contributed by atoms with E-state index in [2.05, 4.69) is 17.2 Å². The van der Waals surface area contributed by atoms with Crippen molar-refractivity contribution in [1.82, 2.24) is 4.98 Å². The number of ether oxygens (including phenoxy) is 1. The Morgan fingerprint density at radius 3 is 2.55 bits per heavy atom. The van der Waals surface area contributed by atoms with E-state index < -0.39 is 11.7 Å². The van der Waals surface area contributed by atoms with E-state index in [0.717, 1.165) is 35.6 Å². The van der Waals surface area contributed by atoms with Crippen LogP contribution < -0.4 is 10.1 Å². The van der Waals surface area contributed by atoms with Gasteiger partial charge < -0.3 is 4.74 Å². The average molecular weight is 477 g/mol. The Labute approximate surface area is 195 Å². The molecule has 0 aliphatic carbocycles. The van der Waals surface area contributed by atoms with E-state index in [4.69, 9.17) is 4.74 Å². The number of rotatable bonds is 11. The Bertz CT molecular complexity index is 1030. The third kappa shape index (κ3) is 7.89. The number of carbonyl (C=O) groups excluding carboxylic acids is 1. The number of amides is 1. The SMILES string of the molecule is CCCCCCCOc1ccc(C(=O)Nc2ncc(Cc3cccc(C(F)(F)F)c3)s2)cc1. The molecule has 0 saturated carbocycles. The molecule has 0 bridgehead atoms. The lowest BCUT2D eigenvalue weighted by Gasteiger charge is -2.08. The number of hydrogen-bond acceptors (Lipinski definition) is 4. The largest absolute Gasteiger partial charge is 0.494 e. The summed E-state index contributed by atoms with van der Waals surface area (Å²) in [5.41, 5.74) is 0.328. The van der Waals surface area contributed by atoms with Gasteiger partial charge in [-0.05, 0) is 42.3 Å². The van der Waals surface area contributed by atoms with Crippen LogP contribution in [-0.4, -0.2) is 17.5 Å². The third-order valence-corrected chi connectivity index (χ3v) is 5.95. The molecule has 2 aromatic carbocycles. The van der Waals surface area contributed by atoms with Gasteiger partial charge in [-0.3, -0.25) is 10.1 Å². The van der Waals surface area contributed by atoms with Gasteiger partial charge >= 0.3 is 6.18 Å². The van der Waals surface area contributed by atoms with E-state index in [-0.39, 0.29) is 5.91 Å². The number of halogens is 3. The molecule has 0 atom stereocenters. The number of benzene rings is 2. The van der Waals surface area contributed by atoms with Gasteiger partial charge in [0, 0.05) is 23.1 Å². The Morgan fingerprint density at radius 1 is 1.06 bits per heavy atom. The van der Waals surface area contributed by atoms with Crippen LogP contribution >= 0.6 is 11.3 Å². The summed E-state index contributed by atoms with van der Waals surface area (Å²) in [6, 6.07) is 12.1. The van der Waals surface area contributed by atoms with Crippen molar-refractivity contribution in [2.75, 3.05) is 11.9 Å². The van der Waals surface area contributed by atoms with Gasteiger partial charge in [-0.2, -0.15) is 13.2 Å². The Hall–Kier alpha value is -2.87. The Kier molecular flexibility index (Phi) is 8.88. The van der Waals surface area contributed by atoms with E-state index in [1.807, 2.05) is 0 Å². The molecule has 176 valence electrons. The molecule has 0 saturated heterocycles. The summed E-state index contributed by atoms with van der Waals surface area (Å²) < 4.78 is 44.4. The second-order valence-electron chi connectivity index (χ2n) is 7.75. The molecule has 0 fully saturated rings. The molecule has 1 N–H and O–H groups in total. The molecule has 1 heterocycles. The van der Waals surface area contributed by atoms with E-state index in [0.29, 0.717) is 29.3 Å². The smallest absolute Gasteiger partial charge is 0.416 e. The van der Waals surface area contributed by atoms with Crippen LogP contribution in [-0.2, 0) is 12.6 Å². The first-order valence-electron chi connectivity index (χ1n) is 11.0. The van der Waals surface area contributed by atoms with Gasteiger partial charge in [0.2, 0.25) is 0 Å². The van der Waals surface area contributed by atoms with Crippen LogP contribution in [0.1, 0.15) is 65.4 Å². The summed E-state index contributed by atoms with van der Waals surface area (Å²) in [4.78, 5) is 17.4. The van der Waals surface area contributed by atoms with Crippen LogP contribution in [0.2, 0.25) is 0 Å². The highest BCUT2D eigenvalue weighted by atomic mass is 32.1. The Morgan fingerprint density at radius 2 is 1.82 bits per heavy atom. The van der Waals surface area contributed by atoms with E-state index in [1.54, 1.807) is 36.5 Å². The number of alkyl halides is 3. The molecule has 1 aromatic heterocycles. The number of hydrogen-bond donors (Lipinski definition) is 1. The molecule has 0 unspecified atom stereocenters. The minimum absolute atomic E-state index is 0.305. The van der Waals surface area contributed by atoms with Gasteiger partial charge in [-0.1, -0.05) is 50.8 Å². The second kappa shape index (κ2) is 11.8. The molecule has 1 amide bonds. The second-order valence-corrected chi connectivity index (χ2v) is 8.86. The zero-order valence-corrected chi connectivity index (χ0v) is 19.3. The lowest BCUT2D eigenvalue weighted by atomic mass is 10.1. The summed E-state index contributed by atoms with van der Waals surface area (Å²) in [5, 5.41) is 3.14. The van der Waals surface area contributed by atoms with Crippen molar-refractivity contribution in [3.8, 4) is 5.75 Å². The fourth-order valence-corrected chi connectivity index (χ4v) is 4.12. The minimum atomic E-state index is -4.38. The highest BCUT2D eigenvalue weighted by Crippen LogP contribution is 2.30. The molecule has 3 aromatic rings. The summed E-state index contributed by atoms with van der Waals surface area (Å²) >= 11 is 1.24. The maximum absolute atomic E-state index is 12.9. The van der Waals surface area contributed by atoms with E-state index >= 15 is 0 Å². The first-order chi connectivity index (χ1) is 15.8. The molecular weight excluding hydrogens is 449 g/mol. The highest BCUT2D eigenvalue weighted by molar-refractivity contribution is 7.15. The zero-order valence-electron chi connectivity index (χ0n) is 18.5. The predicted molar refractivity (Wildman–Crippen MR) is 125 cm³/mol. The van der Waals surface area contributed by atoms with Crippen molar-refractivity contribution in [1.29, 1.82) is 0 Å². The topological polar surface area (TPSA) is 51.2 Å². The van der Waals surface area contributed by atoms with E-state index in [1.165, 1.54) is 36.7 Å². The highest BCUT2D eigenvalue weighted by Gasteiger charge is 2.30. The zero-order chi connectivity index (χ0) is 23.7. The van der Waals surface area contributed by atoms with Gasteiger partial charge in [0.25, 0.3) is 5.91 Å². The van der Waals surface area contributed by atoms with Gasteiger partial charge in [-0.25, -0.2) is 4.98 Å². The number of anilines is 1. The lowest BCUT2D eigenvalue weighted by molar-refractivity contribution is -0.137. The molecule has 33 heavy (non-hydrogen) atoms. The number of nitrogens with zero attached hydrogens (tertiary/aromatic N) is 1. The van der Waals surface area contributed by atoms with Crippen LogP contribution in [0.5, 0.6) is 5.75 Å². The van der Waals surface area contributed by atoms with Crippen molar-refractivity contribution < 1.29 is 22.7 Å². The van der Waals surface area contributed by atoms with Crippen molar-refractivity contribution >= 4 is 22.4 Å². The maximum atomic E-state index is 12.9.